The second-order valence-electron chi connectivity index (χ2n) is 5.23. The summed E-state index contributed by atoms with van der Waals surface area (Å²) in [5, 5.41) is 9.34. The third kappa shape index (κ3) is 2.86. The zero-order chi connectivity index (χ0) is 15.7. The summed E-state index contributed by atoms with van der Waals surface area (Å²) in [6, 6.07) is 7.56. The number of aromatic amines is 1. The summed E-state index contributed by atoms with van der Waals surface area (Å²) >= 11 is 3.40. The molecule has 2 atom stereocenters. The number of rotatable bonds is 3. The SMILES string of the molecule is CO[C@H]1C[C@@H](c2ncc(-c3ccc(Br)cc3)[nH]2)N(C(=O)O)C1. The largest absolute Gasteiger partial charge is 0.465 e. The monoisotopic (exact) mass is 365 g/mol. The maximum absolute atomic E-state index is 11.4. The second kappa shape index (κ2) is 6.10. The lowest BCUT2D eigenvalue weighted by molar-refractivity contribution is 0.102. The number of hydrogen-bond acceptors (Lipinski definition) is 3. The first kappa shape index (κ1) is 15.1. The maximum atomic E-state index is 11.4. The molecular weight excluding hydrogens is 350 g/mol. The van der Waals surface area contributed by atoms with Crippen molar-refractivity contribution >= 4 is 22.0 Å². The number of amides is 1. The summed E-state index contributed by atoms with van der Waals surface area (Å²) in [5.41, 5.74) is 1.87. The summed E-state index contributed by atoms with van der Waals surface area (Å²) in [4.78, 5) is 20.4. The van der Waals surface area contributed by atoms with E-state index in [0.29, 0.717) is 18.8 Å². The van der Waals surface area contributed by atoms with Gasteiger partial charge in [-0.1, -0.05) is 28.1 Å². The molecule has 116 valence electrons. The van der Waals surface area contributed by atoms with E-state index in [1.807, 2.05) is 24.3 Å². The van der Waals surface area contributed by atoms with Crippen molar-refractivity contribution in [3.8, 4) is 11.3 Å². The van der Waals surface area contributed by atoms with Crippen LogP contribution < -0.4 is 0 Å². The van der Waals surface area contributed by atoms with Crippen LogP contribution in [0.1, 0.15) is 18.3 Å². The Labute approximate surface area is 136 Å². The fourth-order valence-electron chi connectivity index (χ4n) is 2.72. The van der Waals surface area contributed by atoms with Crippen molar-refractivity contribution in [1.29, 1.82) is 0 Å². The highest BCUT2D eigenvalue weighted by atomic mass is 79.9. The molecule has 1 saturated heterocycles. The van der Waals surface area contributed by atoms with Gasteiger partial charge in [0.05, 0.1) is 30.6 Å². The predicted molar refractivity (Wildman–Crippen MR) is 84.6 cm³/mol. The molecule has 3 rings (SSSR count). The topological polar surface area (TPSA) is 78.5 Å². The number of carboxylic acid groups (broad SMARTS) is 1. The number of nitrogens with one attached hydrogen (secondary N) is 1. The van der Waals surface area contributed by atoms with E-state index in [2.05, 4.69) is 25.9 Å². The molecule has 1 aliphatic heterocycles. The van der Waals surface area contributed by atoms with Crippen molar-refractivity contribution in [3.63, 3.8) is 0 Å². The number of aromatic nitrogens is 2. The van der Waals surface area contributed by atoms with Gasteiger partial charge in [-0.15, -0.1) is 0 Å². The van der Waals surface area contributed by atoms with Crippen LogP contribution in [0, 0.1) is 0 Å². The lowest BCUT2D eigenvalue weighted by Gasteiger charge is -2.18. The highest BCUT2D eigenvalue weighted by molar-refractivity contribution is 9.10. The Morgan fingerprint density at radius 2 is 2.18 bits per heavy atom. The number of ether oxygens (including phenoxy) is 1. The molecule has 2 heterocycles. The molecule has 1 aromatic heterocycles. The van der Waals surface area contributed by atoms with Gasteiger partial charge in [-0.25, -0.2) is 9.78 Å². The van der Waals surface area contributed by atoms with E-state index in [1.165, 1.54) is 4.90 Å². The molecular formula is C15H16BrN3O3. The Balaban J connectivity index is 1.86. The van der Waals surface area contributed by atoms with Gasteiger partial charge in [0, 0.05) is 18.0 Å². The first-order valence-corrected chi connectivity index (χ1v) is 7.71. The van der Waals surface area contributed by atoms with Gasteiger partial charge >= 0.3 is 6.09 Å². The number of carbonyl (C=O) groups is 1. The average Bonchev–Trinajstić information content (AvgIpc) is 3.14. The van der Waals surface area contributed by atoms with Gasteiger partial charge in [-0.05, 0) is 17.7 Å². The van der Waals surface area contributed by atoms with Crippen LogP contribution in [0.15, 0.2) is 34.9 Å². The molecule has 0 spiro atoms. The molecule has 2 N–H and O–H groups in total. The van der Waals surface area contributed by atoms with Crippen molar-refractivity contribution in [1.82, 2.24) is 14.9 Å². The van der Waals surface area contributed by atoms with Crippen LogP contribution in [-0.2, 0) is 4.74 Å². The van der Waals surface area contributed by atoms with Crippen LogP contribution in [0.3, 0.4) is 0 Å². The standard InChI is InChI=1S/C15H16BrN3O3/c1-22-11-6-13(19(8-11)15(20)21)14-17-7-12(18-14)9-2-4-10(16)5-3-9/h2-5,7,11,13H,6,8H2,1H3,(H,17,18)(H,20,21)/t11-,13-/m0/s1. The minimum atomic E-state index is -0.953. The molecule has 0 radical (unpaired) electrons. The van der Waals surface area contributed by atoms with E-state index in [-0.39, 0.29) is 12.1 Å². The Morgan fingerprint density at radius 1 is 1.45 bits per heavy atom. The van der Waals surface area contributed by atoms with Gasteiger partial charge in [0.15, 0.2) is 0 Å². The number of hydrogen-bond donors (Lipinski definition) is 2. The second-order valence-corrected chi connectivity index (χ2v) is 6.15. The van der Waals surface area contributed by atoms with Crippen LogP contribution in [-0.4, -0.2) is 45.8 Å². The minimum Gasteiger partial charge on any atom is -0.465 e. The highest BCUT2D eigenvalue weighted by Gasteiger charge is 2.38. The van der Waals surface area contributed by atoms with Crippen LogP contribution in [0.2, 0.25) is 0 Å². The van der Waals surface area contributed by atoms with Crippen LogP contribution in [0.25, 0.3) is 11.3 Å². The summed E-state index contributed by atoms with van der Waals surface area (Å²) in [7, 11) is 1.60. The smallest absolute Gasteiger partial charge is 0.408 e. The van der Waals surface area contributed by atoms with Crippen molar-refractivity contribution in [2.75, 3.05) is 13.7 Å². The van der Waals surface area contributed by atoms with Crippen molar-refractivity contribution < 1.29 is 14.6 Å². The summed E-state index contributed by atoms with van der Waals surface area (Å²) < 4.78 is 6.30. The molecule has 1 aromatic carbocycles. The first-order chi connectivity index (χ1) is 10.6. The molecule has 0 bridgehead atoms. The predicted octanol–water partition coefficient (Wildman–Crippen LogP) is 3.28. The van der Waals surface area contributed by atoms with Gasteiger partial charge in [0.2, 0.25) is 0 Å². The molecule has 7 heteroatoms. The van der Waals surface area contributed by atoms with Gasteiger partial charge in [-0.3, -0.25) is 4.90 Å². The van der Waals surface area contributed by atoms with E-state index in [1.54, 1.807) is 13.3 Å². The van der Waals surface area contributed by atoms with Gasteiger partial charge in [0.1, 0.15) is 5.82 Å². The molecule has 0 unspecified atom stereocenters. The summed E-state index contributed by atoms with van der Waals surface area (Å²) in [6.45, 7) is 0.366. The van der Waals surface area contributed by atoms with E-state index < -0.39 is 6.09 Å². The highest BCUT2D eigenvalue weighted by Crippen LogP contribution is 2.33. The van der Waals surface area contributed by atoms with E-state index in [4.69, 9.17) is 4.74 Å². The lowest BCUT2D eigenvalue weighted by atomic mass is 10.2. The Hall–Kier alpha value is -1.86. The van der Waals surface area contributed by atoms with Crippen molar-refractivity contribution in [3.05, 3.63) is 40.8 Å². The van der Waals surface area contributed by atoms with Crippen LogP contribution >= 0.6 is 15.9 Å². The number of halogens is 1. The summed E-state index contributed by atoms with van der Waals surface area (Å²) in [5.74, 6) is 0.653. The Morgan fingerprint density at radius 3 is 2.82 bits per heavy atom. The zero-order valence-corrected chi connectivity index (χ0v) is 13.6. The molecule has 22 heavy (non-hydrogen) atoms. The van der Waals surface area contributed by atoms with Gasteiger partial charge < -0.3 is 14.8 Å². The summed E-state index contributed by atoms with van der Waals surface area (Å²) in [6.07, 6.45) is 1.29. The van der Waals surface area contributed by atoms with Crippen molar-refractivity contribution in [2.24, 2.45) is 0 Å². The number of benzene rings is 1. The molecule has 1 aliphatic rings. The zero-order valence-electron chi connectivity index (χ0n) is 12.0. The van der Waals surface area contributed by atoms with Crippen LogP contribution in [0.4, 0.5) is 4.79 Å². The maximum Gasteiger partial charge on any atom is 0.408 e. The number of H-pyrrole nitrogens is 1. The normalized spacial score (nSPS) is 21.3. The molecule has 1 fully saturated rings. The molecule has 6 nitrogen and oxygen atoms in total. The van der Waals surface area contributed by atoms with Crippen LogP contribution in [0.5, 0.6) is 0 Å². The Bertz CT molecular complexity index is 671. The quantitative estimate of drug-likeness (QED) is 0.874. The number of methoxy groups -OCH3 is 1. The average molecular weight is 366 g/mol. The van der Waals surface area contributed by atoms with Gasteiger partial charge in [0.25, 0.3) is 0 Å². The number of nitrogens with zero attached hydrogens (tertiary/aromatic N) is 2. The minimum absolute atomic E-state index is 0.0951. The number of likely N-dealkylation sites (tertiary alicyclic amines) is 1. The van der Waals surface area contributed by atoms with Crippen molar-refractivity contribution in [2.45, 2.75) is 18.6 Å². The number of imidazole rings is 1. The lowest BCUT2D eigenvalue weighted by Crippen LogP contribution is -2.30. The molecule has 1 amide bonds. The fraction of sp³-hybridized carbons (Fsp3) is 0.333. The Kier molecular flexibility index (Phi) is 4.17. The van der Waals surface area contributed by atoms with E-state index in [0.717, 1.165) is 15.7 Å². The molecule has 0 aliphatic carbocycles. The van der Waals surface area contributed by atoms with E-state index >= 15 is 0 Å². The molecule has 2 aromatic rings. The fourth-order valence-corrected chi connectivity index (χ4v) is 2.99. The third-order valence-electron chi connectivity index (χ3n) is 3.91. The third-order valence-corrected chi connectivity index (χ3v) is 4.44. The van der Waals surface area contributed by atoms with E-state index in [9.17, 15) is 9.90 Å². The first-order valence-electron chi connectivity index (χ1n) is 6.91. The molecule has 0 saturated carbocycles. The van der Waals surface area contributed by atoms with Gasteiger partial charge in [-0.2, -0.15) is 0 Å².